The molecule has 2 atom stereocenters. The van der Waals surface area contributed by atoms with E-state index in [0.717, 1.165) is 12.8 Å². The fraction of sp³-hybridized carbons (Fsp3) is 0.467. The first kappa shape index (κ1) is 13.6. The molecular formula is C15H19NO3. The van der Waals surface area contributed by atoms with Gasteiger partial charge in [-0.3, -0.25) is 9.59 Å². The van der Waals surface area contributed by atoms with Crippen molar-refractivity contribution in [3.63, 3.8) is 0 Å². The molecule has 0 bridgehead atoms. The van der Waals surface area contributed by atoms with E-state index >= 15 is 0 Å². The lowest BCUT2D eigenvalue weighted by molar-refractivity contribution is -0.141. The third kappa shape index (κ3) is 3.34. The van der Waals surface area contributed by atoms with Gasteiger partial charge in [0.25, 0.3) is 0 Å². The van der Waals surface area contributed by atoms with Gasteiger partial charge in [-0.05, 0) is 25.3 Å². The Hall–Kier alpha value is -1.84. The summed E-state index contributed by atoms with van der Waals surface area (Å²) in [5.41, 5.74) is 1.25. The van der Waals surface area contributed by atoms with Gasteiger partial charge in [0.2, 0.25) is 5.91 Å². The van der Waals surface area contributed by atoms with Crippen molar-refractivity contribution >= 4 is 11.9 Å². The van der Waals surface area contributed by atoms with Crippen LogP contribution in [0.3, 0.4) is 0 Å². The predicted molar refractivity (Wildman–Crippen MR) is 71.7 cm³/mol. The van der Waals surface area contributed by atoms with E-state index in [-0.39, 0.29) is 18.4 Å². The van der Waals surface area contributed by atoms with Crippen molar-refractivity contribution in [1.29, 1.82) is 0 Å². The van der Waals surface area contributed by atoms with Gasteiger partial charge in [-0.2, -0.15) is 0 Å². The number of nitrogens with zero attached hydrogens (tertiary/aromatic N) is 1. The minimum atomic E-state index is -0.869. The first-order valence-electron chi connectivity index (χ1n) is 6.64. The van der Waals surface area contributed by atoms with Gasteiger partial charge < -0.3 is 10.0 Å². The monoisotopic (exact) mass is 261 g/mol. The van der Waals surface area contributed by atoms with E-state index in [1.165, 1.54) is 5.56 Å². The highest BCUT2D eigenvalue weighted by Crippen LogP contribution is 2.22. The summed E-state index contributed by atoms with van der Waals surface area (Å²) in [6.07, 6.45) is 1.91. The van der Waals surface area contributed by atoms with Crippen LogP contribution in [0.4, 0.5) is 0 Å². The summed E-state index contributed by atoms with van der Waals surface area (Å²) in [7, 11) is 0. The highest BCUT2D eigenvalue weighted by Gasteiger charge is 2.36. The van der Waals surface area contributed by atoms with Crippen LogP contribution in [0.2, 0.25) is 0 Å². The summed E-state index contributed by atoms with van der Waals surface area (Å²) in [6.45, 7) is 2.34. The highest BCUT2D eigenvalue weighted by atomic mass is 16.4. The molecule has 1 fully saturated rings. The molecular weight excluding hydrogens is 242 g/mol. The number of benzene rings is 1. The van der Waals surface area contributed by atoms with Crippen LogP contribution >= 0.6 is 0 Å². The van der Waals surface area contributed by atoms with Crippen LogP contribution in [0, 0.1) is 5.92 Å². The number of rotatable bonds is 5. The second kappa shape index (κ2) is 5.87. The third-order valence-electron chi connectivity index (χ3n) is 3.73. The van der Waals surface area contributed by atoms with E-state index in [2.05, 4.69) is 12.1 Å². The molecule has 0 radical (unpaired) electrons. The topological polar surface area (TPSA) is 57.6 Å². The number of likely N-dealkylation sites (tertiary alicyclic amines) is 1. The van der Waals surface area contributed by atoms with Gasteiger partial charge in [0.1, 0.15) is 0 Å². The normalized spacial score (nSPS) is 20.6. The quantitative estimate of drug-likeness (QED) is 0.881. The van der Waals surface area contributed by atoms with Crippen LogP contribution in [-0.4, -0.2) is 34.5 Å². The van der Waals surface area contributed by atoms with Gasteiger partial charge in [-0.15, -0.1) is 0 Å². The molecule has 4 nitrogen and oxygen atoms in total. The molecule has 1 heterocycles. The maximum absolute atomic E-state index is 11.8. The Kier molecular flexibility index (Phi) is 4.20. The van der Waals surface area contributed by atoms with Crippen LogP contribution in [0.15, 0.2) is 30.3 Å². The van der Waals surface area contributed by atoms with E-state index in [0.29, 0.717) is 6.54 Å². The fourth-order valence-electron chi connectivity index (χ4n) is 2.50. The van der Waals surface area contributed by atoms with E-state index in [4.69, 9.17) is 5.11 Å². The molecule has 0 saturated carbocycles. The molecule has 19 heavy (non-hydrogen) atoms. The molecule has 1 amide bonds. The van der Waals surface area contributed by atoms with Crippen molar-refractivity contribution in [2.75, 3.05) is 6.54 Å². The first-order chi connectivity index (χ1) is 9.08. The van der Waals surface area contributed by atoms with Gasteiger partial charge >= 0.3 is 5.97 Å². The molecule has 1 aromatic rings. The second-order valence-electron chi connectivity index (χ2n) is 5.16. The summed E-state index contributed by atoms with van der Waals surface area (Å²) < 4.78 is 0. The molecule has 2 rings (SSSR count). The number of aryl methyl sites for hydroxylation is 1. The number of amides is 1. The van der Waals surface area contributed by atoms with Crippen molar-refractivity contribution in [2.24, 2.45) is 5.92 Å². The molecule has 1 aliphatic heterocycles. The van der Waals surface area contributed by atoms with E-state index in [9.17, 15) is 9.59 Å². The Balaban J connectivity index is 1.88. The number of carbonyl (C=O) groups is 2. The van der Waals surface area contributed by atoms with Gasteiger partial charge in [-0.25, -0.2) is 0 Å². The summed E-state index contributed by atoms with van der Waals surface area (Å²) in [5, 5.41) is 8.96. The Bertz CT molecular complexity index is 458. The molecule has 0 aliphatic carbocycles. The van der Waals surface area contributed by atoms with Crippen molar-refractivity contribution in [2.45, 2.75) is 32.2 Å². The number of hydrogen-bond donors (Lipinski definition) is 1. The third-order valence-corrected chi connectivity index (χ3v) is 3.73. The van der Waals surface area contributed by atoms with Crippen LogP contribution in [0.25, 0.3) is 0 Å². The minimum absolute atomic E-state index is 0.0343. The molecule has 1 N–H and O–H groups in total. The maximum Gasteiger partial charge on any atom is 0.308 e. The zero-order valence-corrected chi connectivity index (χ0v) is 11.1. The zero-order valence-electron chi connectivity index (χ0n) is 11.1. The number of hydrogen-bond acceptors (Lipinski definition) is 2. The summed E-state index contributed by atoms with van der Waals surface area (Å²) in [4.78, 5) is 24.4. The summed E-state index contributed by atoms with van der Waals surface area (Å²) in [6, 6.07) is 10.2. The number of carboxylic acids is 1. The number of aliphatic carboxylic acids is 1. The second-order valence-corrected chi connectivity index (χ2v) is 5.16. The van der Waals surface area contributed by atoms with E-state index in [1.807, 2.05) is 25.1 Å². The van der Waals surface area contributed by atoms with Crippen LogP contribution in [-0.2, 0) is 16.0 Å². The van der Waals surface area contributed by atoms with Gasteiger partial charge in [0.15, 0.2) is 0 Å². The molecule has 0 aromatic heterocycles. The van der Waals surface area contributed by atoms with Gasteiger partial charge in [0, 0.05) is 19.0 Å². The van der Waals surface area contributed by atoms with E-state index in [1.54, 1.807) is 4.90 Å². The smallest absolute Gasteiger partial charge is 0.308 e. The average molecular weight is 261 g/mol. The maximum atomic E-state index is 11.8. The highest BCUT2D eigenvalue weighted by molar-refractivity contribution is 5.86. The molecule has 1 saturated heterocycles. The molecule has 0 unspecified atom stereocenters. The summed E-state index contributed by atoms with van der Waals surface area (Å²) >= 11 is 0. The Morgan fingerprint density at radius 3 is 2.68 bits per heavy atom. The van der Waals surface area contributed by atoms with Gasteiger partial charge in [-0.1, -0.05) is 30.3 Å². The Morgan fingerprint density at radius 1 is 1.42 bits per heavy atom. The van der Waals surface area contributed by atoms with E-state index < -0.39 is 11.9 Å². The zero-order chi connectivity index (χ0) is 13.8. The summed E-state index contributed by atoms with van der Waals surface area (Å²) in [5.74, 6) is -1.44. The molecule has 0 spiro atoms. The lowest BCUT2D eigenvalue weighted by Crippen LogP contribution is -2.35. The van der Waals surface area contributed by atoms with Crippen LogP contribution in [0.5, 0.6) is 0 Å². The molecule has 1 aromatic carbocycles. The lowest BCUT2D eigenvalue weighted by atomic mass is 10.1. The average Bonchev–Trinajstić information content (AvgIpc) is 2.80. The number of carbonyl (C=O) groups excluding carboxylic acids is 1. The molecule has 4 heteroatoms. The lowest BCUT2D eigenvalue weighted by Gasteiger charge is -2.24. The Morgan fingerprint density at radius 2 is 2.11 bits per heavy atom. The van der Waals surface area contributed by atoms with Crippen molar-refractivity contribution in [3.05, 3.63) is 35.9 Å². The fourth-order valence-corrected chi connectivity index (χ4v) is 2.50. The van der Waals surface area contributed by atoms with Gasteiger partial charge in [0.05, 0.1) is 5.92 Å². The first-order valence-corrected chi connectivity index (χ1v) is 6.64. The standard InChI is InChI=1S/C15H19NO3/c1-11(7-8-12-5-3-2-4-6-12)16-10-13(15(18)19)9-14(16)17/h2-6,11,13H,7-10H2,1H3,(H,18,19)/t11-,13+/m1/s1. The van der Waals surface area contributed by atoms with Crippen LogP contribution in [0.1, 0.15) is 25.3 Å². The van der Waals surface area contributed by atoms with Crippen molar-refractivity contribution < 1.29 is 14.7 Å². The molecule has 102 valence electrons. The predicted octanol–water partition coefficient (Wildman–Crippen LogP) is 1.94. The largest absolute Gasteiger partial charge is 0.481 e. The minimum Gasteiger partial charge on any atom is -0.481 e. The Labute approximate surface area is 113 Å². The van der Waals surface area contributed by atoms with Crippen molar-refractivity contribution in [1.82, 2.24) is 4.90 Å². The number of carboxylic acid groups (broad SMARTS) is 1. The van der Waals surface area contributed by atoms with Crippen molar-refractivity contribution in [3.8, 4) is 0 Å². The SMILES string of the molecule is C[C@H](CCc1ccccc1)N1C[C@@H](C(=O)O)CC1=O. The molecule has 1 aliphatic rings. The van der Waals surface area contributed by atoms with Crippen LogP contribution < -0.4 is 0 Å².